The zero-order chi connectivity index (χ0) is 62.3. The predicted octanol–water partition coefficient (Wildman–Crippen LogP) is -7.97. The maximum Gasteiger partial charge on any atom is 3.00 e. The number of carbonyl (C=O) groups is 12. The van der Waals surface area contributed by atoms with Crippen LogP contribution in [0.1, 0.15) is 69.5 Å². The number of aliphatic carboxylic acids is 5. The summed E-state index contributed by atoms with van der Waals surface area (Å²) in [5.74, 6) is -16.2. The number of nitrogens with two attached hydrogens (primary N) is 1. The van der Waals surface area contributed by atoms with Gasteiger partial charge in [0, 0.05) is 128 Å². The number of ketones is 3. The van der Waals surface area contributed by atoms with Crippen LogP contribution >= 0.6 is 0 Å². The number of imidazole rings is 1. The van der Waals surface area contributed by atoms with E-state index in [1.807, 2.05) is 0 Å². The van der Waals surface area contributed by atoms with Crippen molar-refractivity contribution in [1.82, 2.24) is 50.8 Å². The van der Waals surface area contributed by atoms with Crippen LogP contribution in [0, 0.1) is 17.8 Å². The van der Waals surface area contributed by atoms with Crippen LogP contribution in [0.15, 0.2) is 42.9 Å². The minimum atomic E-state index is -1.64. The second kappa shape index (κ2) is 39.6. The number of carboxylic acid groups (broad SMARTS) is 5. The van der Waals surface area contributed by atoms with Gasteiger partial charge < -0.3 is 82.1 Å². The number of nitrogens with one attached hydrogen (secondary N) is 5. The number of carboxylic acids is 5. The molecule has 11 N–H and O–H groups in total. The summed E-state index contributed by atoms with van der Waals surface area (Å²) in [6.45, 7) is -2.13. The van der Waals surface area contributed by atoms with Gasteiger partial charge in [0.1, 0.15) is 23.9 Å². The summed E-state index contributed by atoms with van der Waals surface area (Å²) >= 11 is 0. The number of aliphatic hydroxyl groups excluding tert-OH is 2. The number of aromatic amines is 1. The number of benzene rings is 1. The molecule has 7 atom stereocenters. The molecule has 1 aliphatic heterocycles. The van der Waals surface area contributed by atoms with Gasteiger partial charge in [0.15, 0.2) is 11.6 Å². The van der Waals surface area contributed by atoms with Crippen LogP contribution in [-0.4, -0.2) is 263 Å². The monoisotopic (exact) mass is 1250 g/mol. The minimum absolute atomic E-state index is 0. The van der Waals surface area contributed by atoms with Crippen LogP contribution < -0.4 is 42.3 Å². The average molecular weight is 1250 g/mol. The van der Waals surface area contributed by atoms with Crippen LogP contribution in [0.5, 0.6) is 0 Å². The molecule has 3 rings (SSSR count). The van der Waals surface area contributed by atoms with Crippen LogP contribution in [-0.2, 0) is 70.4 Å². The predicted molar refractivity (Wildman–Crippen MR) is 293 cm³/mol. The topological polar surface area (TPSA) is 471 Å². The first-order chi connectivity index (χ1) is 39.9. The van der Waals surface area contributed by atoms with E-state index in [1.165, 1.54) is 39.0 Å². The van der Waals surface area contributed by atoms with Gasteiger partial charge >= 0.3 is 31.7 Å². The molecule has 85 heavy (non-hydrogen) atoms. The van der Waals surface area contributed by atoms with E-state index < -0.39 is 171 Å². The van der Waals surface area contributed by atoms with Gasteiger partial charge in [0.2, 0.25) is 23.6 Å². The van der Waals surface area contributed by atoms with E-state index in [2.05, 4.69) is 31.2 Å². The molecule has 1 aromatic carbocycles. The smallest absolute Gasteiger partial charge is 0.549 e. The molecule has 466 valence electrons. The van der Waals surface area contributed by atoms with Gasteiger partial charge in [-0.15, -0.1) is 0 Å². The van der Waals surface area contributed by atoms with E-state index in [0.29, 0.717) is 17.7 Å². The van der Waals surface area contributed by atoms with E-state index in [-0.39, 0.29) is 117 Å². The molecule has 0 spiro atoms. The Labute approximate surface area is 504 Å². The van der Waals surface area contributed by atoms with Crippen molar-refractivity contribution in [3.05, 3.63) is 54.1 Å². The van der Waals surface area contributed by atoms with Gasteiger partial charge in [-0.25, -0.2) is 4.98 Å². The number of hydrogen-bond acceptors (Lipinski definition) is 23. The average Bonchev–Trinajstić information content (AvgIpc) is 4.15. The number of carbonyl (C=O) groups excluding carboxylic acids is 10. The third kappa shape index (κ3) is 28.6. The van der Waals surface area contributed by atoms with E-state index >= 15 is 0 Å². The van der Waals surface area contributed by atoms with Gasteiger partial charge in [-0.05, 0) is 44.7 Å². The van der Waals surface area contributed by atoms with Crippen LogP contribution in [0.4, 0.5) is 0 Å². The number of H-pyrrole nitrogens is 1. The summed E-state index contributed by atoms with van der Waals surface area (Å²) in [5, 5.41) is 85.2. The molecule has 30 nitrogen and oxygen atoms in total. The first-order valence-corrected chi connectivity index (χ1v) is 27.6. The van der Waals surface area contributed by atoms with Gasteiger partial charge in [-0.3, -0.25) is 62.8 Å². The van der Waals surface area contributed by atoms with E-state index in [4.69, 9.17) is 5.73 Å². The third-order valence-electron chi connectivity index (χ3n) is 14.1. The molecule has 0 radical (unpaired) electrons. The molecular weight excluding hydrogens is 1180 g/mol. The summed E-state index contributed by atoms with van der Waals surface area (Å²) in [7, 11) is 0. The fourth-order valence-electron chi connectivity index (χ4n) is 9.42. The van der Waals surface area contributed by atoms with Gasteiger partial charge in [0.05, 0.1) is 61.7 Å². The van der Waals surface area contributed by atoms with Gasteiger partial charge in [0.25, 0.3) is 0 Å². The Bertz CT molecular complexity index is 2480. The third-order valence-corrected chi connectivity index (χ3v) is 14.1. The fourth-order valence-corrected chi connectivity index (χ4v) is 9.42. The maximum atomic E-state index is 14.0. The number of amides is 4. The summed E-state index contributed by atoms with van der Waals surface area (Å²) < 4.78 is 0. The minimum Gasteiger partial charge on any atom is -0.549 e. The summed E-state index contributed by atoms with van der Waals surface area (Å²) in [5.41, 5.74) is 6.42. The molecule has 2 aromatic rings. The van der Waals surface area contributed by atoms with Crippen molar-refractivity contribution in [2.75, 3.05) is 98.3 Å². The zero-order valence-electron chi connectivity index (χ0n) is 47.6. The Kier molecular flexibility index (Phi) is 34.5. The molecule has 1 aliphatic rings. The molecule has 0 bridgehead atoms. The number of hydrogen-bond donors (Lipinski definition) is 10. The van der Waals surface area contributed by atoms with Crippen molar-refractivity contribution >= 4 is 90.6 Å². The van der Waals surface area contributed by atoms with Crippen LogP contribution in [0.25, 0.3) is 0 Å². The van der Waals surface area contributed by atoms with Crippen molar-refractivity contribution in [2.24, 2.45) is 23.5 Å². The van der Waals surface area contributed by atoms with Crippen LogP contribution in [0.3, 0.4) is 0 Å². The van der Waals surface area contributed by atoms with E-state index in [9.17, 15) is 93.3 Å². The summed E-state index contributed by atoms with van der Waals surface area (Å²) in [6.07, 6.45) is 0.409. The summed E-state index contributed by atoms with van der Waals surface area (Å²) in [4.78, 5) is 166. The van der Waals surface area contributed by atoms with Crippen molar-refractivity contribution in [3.63, 3.8) is 0 Å². The van der Waals surface area contributed by atoms with Crippen molar-refractivity contribution in [1.29, 1.82) is 0 Å². The number of rotatable bonds is 38. The Hall–Kier alpha value is -6.97. The van der Waals surface area contributed by atoms with Gasteiger partial charge in [-0.2, -0.15) is 0 Å². The van der Waals surface area contributed by atoms with E-state index in [1.54, 1.807) is 30.3 Å². The number of Topliss-reactive ketones (excluding diaryl/α,β-unsaturated/α-hetero) is 3. The molecule has 1 aromatic heterocycles. The summed E-state index contributed by atoms with van der Waals surface area (Å²) in [6, 6.07) is 2.60. The molecule has 2 heterocycles. The second-order valence-electron chi connectivity index (χ2n) is 20.6. The molecule has 2 unspecified atom stereocenters. The normalized spacial score (nSPS) is 16.4. The molecular formula is C54H78GaN11O19. The number of aromatic nitrogens is 2. The second-order valence-corrected chi connectivity index (χ2v) is 20.6. The molecule has 0 aliphatic carbocycles. The maximum absolute atomic E-state index is 14.0. The molecule has 4 amide bonds. The SMILES string of the molecule is C[C@H](NC(=O)[C@H](CC(=O)O)CC(=O)CCCN)C(=O)C[C@@H](Cc1cnc[nH]1)C(=O)N[C@@H](CO)C(=O)C[C@@H](Cc1ccccc1)C(=O)NC(CO)C(=O)NCCCC(C(=O)O)N1CCN(CC(=O)[O-])CCN(CC(=O)[O-])CCN(CC(=O)[O-])CC1.[Ga+3]. The molecule has 31 heteroatoms. The van der Waals surface area contributed by atoms with Crippen LogP contribution in [0.2, 0.25) is 0 Å². The van der Waals surface area contributed by atoms with Crippen molar-refractivity contribution in [2.45, 2.75) is 95.3 Å². The molecule has 0 saturated carbocycles. The molecule has 1 fully saturated rings. The van der Waals surface area contributed by atoms with Crippen molar-refractivity contribution in [3.8, 4) is 0 Å². The molecule has 1 saturated heterocycles. The zero-order valence-corrected chi connectivity index (χ0v) is 50.0. The van der Waals surface area contributed by atoms with Crippen molar-refractivity contribution < 1.29 is 93.3 Å². The Morgan fingerprint density at radius 1 is 0.635 bits per heavy atom. The fraction of sp³-hybridized carbons (Fsp3) is 0.611. The standard InChI is InChI=1S/C54H81N11O19.Ga/c1-34(59-50(79)38(26-46(71)72)23-40(68)9-5-11-55)44(69)24-37(22-39-27-56-33-58-39)52(81)60-41(31-66)45(70)25-36(21-35-7-3-2-4-8-35)51(80)61-42(32-67)53(82)57-12-6-10-43(54(83)84)65-19-17-63(29-48(75)76)15-13-62(28-47(73)74)14-16-64(18-20-65)30-49(77)78;/h2-4,7-8,27,33-34,36-38,41-43,66-67H,5-6,9-26,28-32,55H2,1H3,(H,56,58)(H,57,82)(H,59,79)(H,60,81)(H,61,80)(H,71,72)(H,73,74)(H,75,76)(H,77,78)(H,83,84);/q;+3/p-3/t34-,36+,37+,38-,41-,42?,43?;/m0./s1. The first-order valence-electron chi connectivity index (χ1n) is 27.6. The largest absolute Gasteiger partial charge is 3.00 e. The van der Waals surface area contributed by atoms with Gasteiger partial charge in [-0.1, -0.05) is 30.3 Å². The Balaban J connectivity index is 0.0000247. The quantitative estimate of drug-likeness (QED) is 0.0220. The number of nitrogens with zero attached hydrogens (tertiary/aromatic N) is 5. The number of aliphatic hydroxyl groups is 2. The van der Waals surface area contributed by atoms with E-state index in [0.717, 1.165) is 0 Å². The Morgan fingerprint density at radius 3 is 1.62 bits per heavy atom. The Morgan fingerprint density at radius 2 is 1.14 bits per heavy atom. The first kappa shape index (κ1) is 74.1.